The molecule has 0 fully saturated rings. The molecule has 1 aromatic rings. The lowest BCUT2D eigenvalue weighted by Gasteiger charge is -2.23. The van der Waals surface area contributed by atoms with Crippen LogP contribution in [0.2, 0.25) is 0 Å². The standard InChI is InChI=1S/C12H19N3O3/c1-8(2)14(7-11(16)17)12(18)10-5-6-15(13-10)9(3)4/h5-6,8-9H,7H2,1-4H3,(H,16,17). The number of rotatable bonds is 5. The van der Waals surface area contributed by atoms with E-state index < -0.39 is 5.97 Å². The second-order valence-corrected chi connectivity index (χ2v) is 4.70. The monoisotopic (exact) mass is 253 g/mol. The molecular weight excluding hydrogens is 234 g/mol. The molecule has 1 amide bonds. The van der Waals surface area contributed by atoms with Crippen LogP contribution in [0.1, 0.15) is 44.2 Å². The molecule has 0 atom stereocenters. The number of hydrogen-bond acceptors (Lipinski definition) is 3. The summed E-state index contributed by atoms with van der Waals surface area (Å²) in [4.78, 5) is 24.2. The van der Waals surface area contributed by atoms with Crippen molar-refractivity contribution in [2.24, 2.45) is 0 Å². The zero-order chi connectivity index (χ0) is 13.9. The Bertz CT molecular complexity index is 438. The van der Waals surface area contributed by atoms with Crippen molar-refractivity contribution < 1.29 is 14.7 Å². The number of carboxylic acids is 1. The Morgan fingerprint density at radius 3 is 2.39 bits per heavy atom. The van der Waals surface area contributed by atoms with Crippen LogP contribution in [0.25, 0.3) is 0 Å². The molecule has 1 heterocycles. The molecule has 0 unspecified atom stereocenters. The lowest BCUT2D eigenvalue weighted by Crippen LogP contribution is -2.40. The van der Waals surface area contributed by atoms with Crippen LogP contribution >= 0.6 is 0 Å². The molecule has 1 N–H and O–H groups in total. The van der Waals surface area contributed by atoms with Crippen molar-refractivity contribution >= 4 is 11.9 Å². The highest BCUT2D eigenvalue weighted by atomic mass is 16.4. The van der Waals surface area contributed by atoms with E-state index in [1.54, 1.807) is 30.8 Å². The van der Waals surface area contributed by atoms with Gasteiger partial charge < -0.3 is 10.0 Å². The van der Waals surface area contributed by atoms with Gasteiger partial charge in [-0.15, -0.1) is 0 Å². The summed E-state index contributed by atoms with van der Waals surface area (Å²) in [5, 5.41) is 13.0. The van der Waals surface area contributed by atoms with Crippen LogP contribution in [0.3, 0.4) is 0 Å². The summed E-state index contributed by atoms with van der Waals surface area (Å²) in [6, 6.07) is 1.59. The van der Waals surface area contributed by atoms with Gasteiger partial charge in [0.1, 0.15) is 12.2 Å². The number of aliphatic carboxylic acids is 1. The van der Waals surface area contributed by atoms with Crippen molar-refractivity contribution in [3.8, 4) is 0 Å². The number of carboxylic acid groups (broad SMARTS) is 1. The Morgan fingerprint density at radius 1 is 1.39 bits per heavy atom. The van der Waals surface area contributed by atoms with Crippen molar-refractivity contribution in [1.82, 2.24) is 14.7 Å². The fourth-order valence-electron chi connectivity index (χ4n) is 1.52. The average Bonchev–Trinajstić information content (AvgIpc) is 2.73. The number of nitrogens with zero attached hydrogens (tertiary/aromatic N) is 3. The van der Waals surface area contributed by atoms with E-state index in [0.29, 0.717) is 0 Å². The number of carbonyl (C=O) groups excluding carboxylic acids is 1. The lowest BCUT2D eigenvalue weighted by atomic mass is 10.2. The van der Waals surface area contributed by atoms with Crippen LogP contribution in [0.5, 0.6) is 0 Å². The smallest absolute Gasteiger partial charge is 0.323 e. The Labute approximate surface area is 106 Å². The molecule has 0 aliphatic carbocycles. The maximum Gasteiger partial charge on any atom is 0.323 e. The van der Waals surface area contributed by atoms with E-state index in [-0.39, 0.29) is 30.2 Å². The van der Waals surface area contributed by atoms with Crippen LogP contribution in [0.15, 0.2) is 12.3 Å². The van der Waals surface area contributed by atoms with Gasteiger partial charge >= 0.3 is 5.97 Å². The molecule has 1 aromatic heterocycles. The summed E-state index contributed by atoms with van der Waals surface area (Å²) in [6.45, 7) is 7.16. The van der Waals surface area contributed by atoms with Crippen molar-refractivity contribution in [2.45, 2.75) is 39.8 Å². The summed E-state index contributed by atoms with van der Waals surface area (Å²) >= 11 is 0. The Morgan fingerprint density at radius 2 is 2.00 bits per heavy atom. The fourth-order valence-corrected chi connectivity index (χ4v) is 1.52. The summed E-state index contributed by atoms with van der Waals surface area (Å²) in [6.07, 6.45) is 1.72. The van der Waals surface area contributed by atoms with Gasteiger partial charge in [-0.1, -0.05) is 0 Å². The van der Waals surface area contributed by atoms with Crippen molar-refractivity contribution in [1.29, 1.82) is 0 Å². The first-order chi connectivity index (χ1) is 8.32. The predicted octanol–water partition coefficient (Wildman–Crippen LogP) is 1.40. The third-order valence-electron chi connectivity index (χ3n) is 2.55. The van der Waals surface area contributed by atoms with Gasteiger partial charge in [-0.2, -0.15) is 5.10 Å². The van der Waals surface area contributed by atoms with Gasteiger partial charge in [0.15, 0.2) is 0 Å². The van der Waals surface area contributed by atoms with Gasteiger partial charge in [0, 0.05) is 18.3 Å². The minimum atomic E-state index is -1.03. The quantitative estimate of drug-likeness (QED) is 0.860. The molecule has 1 rings (SSSR count). The van der Waals surface area contributed by atoms with E-state index in [1.807, 2.05) is 13.8 Å². The van der Waals surface area contributed by atoms with Gasteiger partial charge in [0.2, 0.25) is 0 Å². The van der Waals surface area contributed by atoms with Gasteiger partial charge in [-0.25, -0.2) is 0 Å². The molecule has 0 aromatic carbocycles. The number of hydrogen-bond donors (Lipinski definition) is 1. The molecule has 100 valence electrons. The molecule has 6 nitrogen and oxygen atoms in total. The average molecular weight is 253 g/mol. The van der Waals surface area contributed by atoms with E-state index in [2.05, 4.69) is 5.10 Å². The first-order valence-corrected chi connectivity index (χ1v) is 5.90. The van der Waals surface area contributed by atoms with Gasteiger partial charge in [0.05, 0.1) is 0 Å². The topological polar surface area (TPSA) is 75.4 Å². The SMILES string of the molecule is CC(C)N(CC(=O)O)C(=O)c1ccn(C(C)C)n1. The predicted molar refractivity (Wildman–Crippen MR) is 66.4 cm³/mol. The Balaban J connectivity index is 2.91. The second kappa shape index (κ2) is 5.66. The number of carbonyl (C=O) groups is 2. The number of aromatic nitrogens is 2. The fraction of sp³-hybridized carbons (Fsp3) is 0.583. The minimum Gasteiger partial charge on any atom is -0.480 e. The molecule has 0 saturated carbocycles. The first-order valence-electron chi connectivity index (χ1n) is 5.90. The van der Waals surface area contributed by atoms with Crippen molar-refractivity contribution in [3.05, 3.63) is 18.0 Å². The summed E-state index contributed by atoms with van der Waals surface area (Å²) in [7, 11) is 0. The maximum absolute atomic E-state index is 12.1. The third kappa shape index (κ3) is 3.32. The van der Waals surface area contributed by atoms with E-state index in [0.717, 1.165) is 0 Å². The van der Waals surface area contributed by atoms with Crippen molar-refractivity contribution in [2.75, 3.05) is 6.54 Å². The van der Waals surface area contributed by atoms with E-state index in [1.165, 1.54) is 4.90 Å². The maximum atomic E-state index is 12.1. The van der Waals surface area contributed by atoms with Gasteiger partial charge in [-0.3, -0.25) is 14.3 Å². The zero-order valence-electron chi connectivity index (χ0n) is 11.1. The Hall–Kier alpha value is -1.85. The lowest BCUT2D eigenvalue weighted by molar-refractivity contribution is -0.138. The minimum absolute atomic E-state index is 0.165. The molecule has 18 heavy (non-hydrogen) atoms. The van der Waals surface area contributed by atoms with E-state index in [9.17, 15) is 9.59 Å². The molecule has 0 aliphatic rings. The van der Waals surface area contributed by atoms with Gasteiger partial charge in [-0.05, 0) is 33.8 Å². The van der Waals surface area contributed by atoms with Crippen molar-refractivity contribution in [3.63, 3.8) is 0 Å². The van der Waals surface area contributed by atoms with E-state index >= 15 is 0 Å². The molecule has 0 radical (unpaired) electrons. The van der Waals surface area contributed by atoms with E-state index in [4.69, 9.17) is 5.11 Å². The van der Waals surface area contributed by atoms with Crippen LogP contribution in [0, 0.1) is 0 Å². The molecule has 0 bridgehead atoms. The van der Waals surface area contributed by atoms with Crippen LogP contribution in [-0.2, 0) is 4.79 Å². The number of amides is 1. The van der Waals surface area contributed by atoms with Crippen LogP contribution in [-0.4, -0.2) is 44.3 Å². The highest BCUT2D eigenvalue weighted by molar-refractivity contribution is 5.94. The van der Waals surface area contributed by atoms with Crippen LogP contribution in [0.4, 0.5) is 0 Å². The first kappa shape index (κ1) is 14.2. The molecule has 0 spiro atoms. The Kier molecular flexibility index (Phi) is 4.47. The summed E-state index contributed by atoms with van der Waals surface area (Å²) in [5.41, 5.74) is 0.277. The zero-order valence-corrected chi connectivity index (χ0v) is 11.1. The highest BCUT2D eigenvalue weighted by Crippen LogP contribution is 2.09. The molecule has 0 aliphatic heterocycles. The van der Waals surface area contributed by atoms with Crippen LogP contribution < -0.4 is 0 Å². The summed E-state index contributed by atoms with van der Waals surface area (Å²) in [5.74, 6) is -1.38. The van der Waals surface area contributed by atoms with Gasteiger partial charge in [0.25, 0.3) is 5.91 Å². The second-order valence-electron chi connectivity index (χ2n) is 4.70. The normalized spacial score (nSPS) is 11.0. The third-order valence-corrected chi connectivity index (χ3v) is 2.55. The highest BCUT2D eigenvalue weighted by Gasteiger charge is 2.23. The molecule has 6 heteroatoms. The molecule has 0 saturated heterocycles. The summed E-state index contributed by atoms with van der Waals surface area (Å²) < 4.78 is 1.67. The largest absolute Gasteiger partial charge is 0.480 e. The molecular formula is C12H19N3O3.